The molecule has 0 aromatic heterocycles. The van der Waals surface area contributed by atoms with E-state index in [9.17, 15) is 4.79 Å². The van der Waals surface area contributed by atoms with Crippen LogP contribution in [0.25, 0.3) is 0 Å². The Morgan fingerprint density at radius 2 is 2.06 bits per heavy atom. The molecule has 0 fully saturated rings. The zero-order chi connectivity index (χ0) is 12.4. The van der Waals surface area contributed by atoms with Crippen LogP contribution in [0.5, 0.6) is 0 Å². The Kier molecular flexibility index (Phi) is 9.24. The predicted octanol–water partition coefficient (Wildman–Crippen LogP) is 1.33. The minimum atomic E-state index is -0.0762. The molecule has 1 atom stereocenters. The summed E-state index contributed by atoms with van der Waals surface area (Å²) in [7, 11) is 0. The van der Waals surface area contributed by atoms with Crippen molar-refractivity contribution in [1.82, 2.24) is 5.32 Å². The molecule has 1 unspecified atom stereocenters. The summed E-state index contributed by atoms with van der Waals surface area (Å²) in [4.78, 5) is 11.4. The van der Waals surface area contributed by atoms with Crippen molar-refractivity contribution in [3.63, 3.8) is 0 Å². The van der Waals surface area contributed by atoms with Gasteiger partial charge in [0.2, 0.25) is 5.91 Å². The molecule has 0 radical (unpaired) electrons. The average Bonchev–Trinajstić information content (AvgIpc) is 2.23. The topological polar surface area (TPSA) is 58.6 Å². The molecule has 0 heterocycles. The minimum absolute atomic E-state index is 0.0762. The number of aliphatic hydroxyl groups is 1. The molecule has 4 nitrogen and oxygen atoms in total. The van der Waals surface area contributed by atoms with Crippen LogP contribution in [0.2, 0.25) is 0 Å². The first-order valence-corrected chi connectivity index (χ1v) is 6.09. The van der Waals surface area contributed by atoms with Crippen LogP contribution in [0.1, 0.15) is 40.0 Å². The Morgan fingerprint density at radius 3 is 2.56 bits per heavy atom. The zero-order valence-electron chi connectivity index (χ0n) is 10.7. The predicted molar refractivity (Wildman–Crippen MR) is 64.2 cm³/mol. The van der Waals surface area contributed by atoms with Gasteiger partial charge in [0.05, 0.1) is 6.10 Å². The van der Waals surface area contributed by atoms with Crippen LogP contribution in [-0.4, -0.2) is 36.9 Å². The van der Waals surface area contributed by atoms with Gasteiger partial charge in [0.1, 0.15) is 6.61 Å². The average molecular weight is 231 g/mol. The number of rotatable bonds is 9. The third-order valence-corrected chi connectivity index (χ3v) is 2.37. The van der Waals surface area contributed by atoms with Gasteiger partial charge in [-0.2, -0.15) is 0 Å². The first kappa shape index (κ1) is 15.4. The SMILES string of the molecule is CCCC(CCO)CNC(=O)COC(C)C. The minimum Gasteiger partial charge on any atom is -0.396 e. The van der Waals surface area contributed by atoms with Crippen molar-refractivity contribution in [3.8, 4) is 0 Å². The highest BCUT2D eigenvalue weighted by Gasteiger charge is 2.09. The van der Waals surface area contributed by atoms with Crippen molar-refractivity contribution in [1.29, 1.82) is 0 Å². The maximum Gasteiger partial charge on any atom is 0.246 e. The number of carbonyl (C=O) groups is 1. The lowest BCUT2D eigenvalue weighted by molar-refractivity contribution is -0.127. The number of ether oxygens (including phenoxy) is 1. The van der Waals surface area contributed by atoms with Crippen molar-refractivity contribution < 1.29 is 14.6 Å². The van der Waals surface area contributed by atoms with Crippen LogP contribution in [0, 0.1) is 5.92 Å². The van der Waals surface area contributed by atoms with E-state index in [1.807, 2.05) is 13.8 Å². The lowest BCUT2D eigenvalue weighted by Gasteiger charge is -2.16. The van der Waals surface area contributed by atoms with Gasteiger partial charge in [-0.15, -0.1) is 0 Å². The highest BCUT2D eigenvalue weighted by molar-refractivity contribution is 5.77. The smallest absolute Gasteiger partial charge is 0.246 e. The molecular weight excluding hydrogens is 206 g/mol. The molecule has 1 amide bonds. The van der Waals surface area contributed by atoms with Gasteiger partial charge in [0.15, 0.2) is 0 Å². The van der Waals surface area contributed by atoms with E-state index in [0.29, 0.717) is 12.5 Å². The Bertz CT molecular complexity index is 177. The molecule has 0 saturated heterocycles. The van der Waals surface area contributed by atoms with Gasteiger partial charge in [-0.05, 0) is 32.6 Å². The summed E-state index contributed by atoms with van der Waals surface area (Å²) in [6.07, 6.45) is 2.93. The largest absolute Gasteiger partial charge is 0.396 e. The fourth-order valence-electron chi connectivity index (χ4n) is 1.49. The van der Waals surface area contributed by atoms with Gasteiger partial charge in [0, 0.05) is 13.2 Å². The van der Waals surface area contributed by atoms with Gasteiger partial charge < -0.3 is 15.2 Å². The number of amides is 1. The highest BCUT2D eigenvalue weighted by atomic mass is 16.5. The van der Waals surface area contributed by atoms with Gasteiger partial charge >= 0.3 is 0 Å². The van der Waals surface area contributed by atoms with Gasteiger partial charge in [-0.25, -0.2) is 0 Å². The quantitative estimate of drug-likeness (QED) is 0.629. The van der Waals surface area contributed by atoms with Crippen LogP contribution in [0.3, 0.4) is 0 Å². The van der Waals surface area contributed by atoms with Crippen molar-refractivity contribution in [2.75, 3.05) is 19.8 Å². The van der Waals surface area contributed by atoms with E-state index in [-0.39, 0.29) is 25.2 Å². The molecule has 4 heteroatoms. The second-order valence-corrected chi connectivity index (χ2v) is 4.33. The summed E-state index contributed by atoms with van der Waals surface area (Å²) < 4.78 is 5.19. The van der Waals surface area contributed by atoms with Gasteiger partial charge in [0.25, 0.3) is 0 Å². The van der Waals surface area contributed by atoms with Crippen molar-refractivity contribution >= 4 is 5.91 Å². The van der Waals surface area contributed by atoms with E-state index in [1.165, 1.54) is 0 Å². The number of hydrogen-bond acceptors (Lipinski definition) is 3. The van der Waals surface area contributed by atoms with Crippen LogP contribution in [0.4, 0.5) is 0 Å². The molecule has 2 N–H and O–H groups in total. The lowest BCUT2D eigenvalue weighted by Crippen LogP contribution is -2.33. The lowest BCUT2D eigenvalue weighted by atomic mass is 10.0. The summed E-state index contributed by atoms with van der Waals surface area (Å²) in [5.74, 6) is 0.297. The summed E-state index contributed by atoms with van der Waals surface area (Å²) in [6, 6.07) is 0. The Labute approximate surface area is 98.4 Å². The first-order chi connectivity index (χ1) is 7.60. The third-order valence-electron chi connectivity index (χ3n) is 2.37. The molecule has 0 aromatic rings. The summed E-state index contributed by atoms with van der Waals surface area (Å²) in [6.45, 7) is 6.85. The van der Waals surface area contributed by atoms with E-state index >= 15 is 0 Å². The molecule has 0 aliphatic heterocycles. The van der Waals surface area contributed by atoms with Crippen molar-refractivity contribution in [3.05, 3.63) is 0 Å². The van der Waals surface area contributed by atoms with E-state index in [1.54, 1.807) is 0 Å². The number of nitrogens with one attached hydrogen (secondary N) is 1. The van der Waals surface area contributed by atoms with E-state index in [2.05, 4.69) is 12.2 Å². The fourth-order valence-corrected chi connectivity index (χ4v) is 1.49. The third kappa shape index (κ3) is 8.68. The Balaban J connectivity index is 3.68. The molecule has 0 rings (SSSR count). The van der Waals surface area contributed by atoms with E-state index in [0.717, 1.165) is 19.3 Å². The Morgan fingerprint density at radius 1 is 1.38 bits per heavy atom. The van der Waals surface area contributed by atoms with Crippen molar-refractivity contribution in [2.24, 2.45) is 5.92 Å². The zero-order valence-corrected chi connectivity index (χ0v) is 10.7. The maximum absolute atomic E-state index is 11.4. The fraction of sp³-hybridized carbons (Fsp3) is 0.917. The monoisotopic (exact) mass is 231 g/mol. The molecule has 0 aliphatic carbocycles. The van der Waals surface area contributed by atoms with Crippen LogP contribution < -0.4 is 5.32 Å². The molecule has 96 valence electrons. The van der Waals surface area contributed by atoms with E-state index in [4.69, 9.17) is 9.84 Å². The second kappa shape index (κ2) is 9.60. The molecule has 0 spiro atoms. The van der Waals surface area contributed by atoms with Crippen LogP contribution in [0.15, 0.2) is 0 Å². The highest BCUT2D eigenvalue weighted by Crippen LogP contribution is 2.09. The number of carbonyl (C=O) groups excluding carboxylic acids is 1. The summed E-state index contributed by atoms with van der Waals surface area (Å²) in [5.41, 5.74) is 0. The summed E-state index contributed by atoms with van der Waals surface area (Å²) in [5, 5.41) is 11.7. The molecule has 16 heavy (non-hydrogen) atoms. The molecule has 0 saturated carbocycles. The molecule has 0 bridgehead atoms. The molecular formula is C12H25NO3. The summed E-state index contributed by atoms with van der Waals surface area (Å²) >= 11 is 0. The first-order valence-electron chi connectivity index (χ1n) is 6.09. The maximum atomic E-state index is 11.4. The van der Waals surface area contributed by atoms with E-state index < -0.39 is 0 Å². The second-order valence-electron chi connectivity index (χ2n) is 4.33. The standard InChI is InChI=1S/C12H25NO3/c1-4-5-11(6-7-14)8-13-12(15)9-16-10(2)3/h10-11,14H,4-9H2,1-3H3,(H,13,15). The number of hydrogen-bond donors (Lipinski definition) is 2. The van der Waals surface area contributed by atoms with Crippen LogP contribution >= 0.6 is 0 Å². The normalized spacial score (nSPS) is 12.8. The Hall–Kier alpha value is -0.610. The van der Waals surface area contributed by atoms with Crippen LogP contribution in [-0.2, 0) is 9.53 Å². The van der Waals surface area contributed by atoms with Gasteiger partial charge in [-0.1, -0.05) is 13.3 Å². The van der Waals surface area contributed by atoms with Crippen molar-refractivity contribution in [2.45, 2.75) is 46.1 Å². The number of aliphatic hydroxyl groups excluding tert-OH is 1. The molecule has 0 aromatic carbocycles. The van der Waals surface area contributed by atoms with Gasteiger partial charge in [-0.3, -0.25) is 4.79 Å². The molecule has 0 aliphatic rings.